The first-order valence-corrected chi connectivity index (χ1v) is 30.8. The number of unbranched alkanes of at least 4 members (excludes halogenated alkanes) is 37. The van der Waals surface area contributed by atoms with Gasteiger partial charge in [0.05, 0.1) is 39.9 Å². The largest absolute Gasteiger partial charge is 0.756 e. The summed E-state index contributed by atoms with van der Waals surface area (Å²) in [6, 6.07) is -0.908. The molecule has 0 fully saturated rings. The molecule has 0 aromatic carbocycles. The van der Waals surface area contributed by atoms with Crippen molar-refractivity contribution in [2.24, 2.45) is 0 Å². The normalized spacial score (nSPS) is 14.2. The molecule has 0 spiro atoms. The van der Waals surface area contributed by atoms with Crippen LogP contribution in [0, 0.1) is 0 Å². The SMILES string of the molecule is CCCCCCCCCCCC/C=C/CC/C=C/CC/C=C/C(O)C(COP(=O)([O-])OCC[N+](C)(C)C)NC(=O)CCCCCCCCCCCCCCCCCCCCCCCCCCCC. The van der Waals surface area contributed by atoms with E-state index in [2.05, 4.69) is 43.5 Å². The summed E-state index contributed by atoms with van der Waals surface area (Å²) in [5.74, 6) is -0.206. The molecule has 8 nitrogen and oxygen atoms in total. The molecule has 0 bridgehead atoms. The van der Waals surface area contributed by atoms with E-state index in [9.17, 15) is 19.4 Å². The first-order valence-electron chi connectivity index (χ1n) is 29.4. The summed E-state index contributed by atoms with van der Waals surface area (Å²) in [5.41, 5.74) is 0. The van der Waals surface area contributed by atoms with Gasteiger partial charge in [0.25, 0.3) is 7.82 Å². The highest BCUT2D eigenvalue weighted by atomic mass is 31.2. The Hall–Kier alpha value is -1.28. The summed E-state index contributed by atoms with van der Waals surface area (Å²) >= 11 is 0. The van der Waals surface area contributed by atoms with Gasteiger partial charge in [-0.1, -0.05) is 269 Å². The number of quaternary nitrogens is 1. The Kier molecular flexibility index (Phi) is 49.7. The molecule has 0 aliphatic heterocycles. The van der Waals surface area contributed by atoms with Crippen molar-refractivity contribution in [3.63, 3.8) is 0 Å². The third kappa shape index (κ3) is 52.5. The fourth-order valence-corrected chi connectivity index (χ4v) is 9.44. The van der Waals surface area contributed by atoms with Crippen LogP contribution in [-0.2, 0) is 18.4 Å². The number of phosphoric ester groups is 1. The molecule has 0 aromatic rings. The van der Waals surface area contributed by atoms with Crippen molar-refractivity contribution < 1.29 is 32.9 Å². The molecule has 0 saturated carbocycles. The number of nitrogens with zero attached hydrogens (tertiary/aromatic N) is 1. The third-order valence-electron chi connectivity index (χ3n) is 13.3. The van der Waals surface area contributed by atoms with Gasteiger partial charge in [0.15, 0.2) is 0 Å². The van der Waals surface area contributed by atoms with Crippen LogP contribution in [0.1, 0.15) is 284 Å². The van der Waals surface area contributed by atoms with Crippen LogP contribution in [0.25, 0.3) is 0 Å². The van der Waals surface area contributed by atoms with E-state index in [0.717, 1.165) is 44.9 Å². The second-order valence-electron chi connectivity index (χ2n) is 21.3. The van der Waals surface area contributed by atoms with Crippen LogP contribution in [-0.4, -0.2) is 68.5 Å². The number of hydrogen-bond acceptors (Lipinski definition) is 6. The predicted molar refractivity (Wildman–Crippen MR) is 293 cm³/mol. The number of amides is 1. The Morgan fingerprint density at radius 3 is 1.19 bits per heavy atom. The molecule has 0 rings (SSSR count). The molecule has 0 heterocycles. The van der Waals surface area contributed by atoms with E-state index < -0.39 is 26.6 Å². The number of aliphatic hydroxyl groups is 1. The molecule has 0 aromatic heterocycles. The zero-order valence-corrected chi connectivity index (χ0v) is 46.7. The average molecular weight is 980 g/mol. The van der Waals surface area contributed by atoms with Gasteiger partial charge >= 0.3 is 0 Å². The Bertz CT molecular complexity index is 1200. The Balaban J connectivity index is 4.21. The molecular formula is C59H115N2O6P. The minimum Gasteiger partial charge on any atom is -0.756 e. The van der Waals surface area contributed by atoms with Gasteiger partial charge in [0.1, 0.15) is 13.2 Å². The monoisotopic (exact) mass is 979 g/mol. The van der Waals surface area contributed by atoms with Crippen LogP contribution >= 0.6 is 7.82 Å². The molecule has 0 saturated heterocycles. The van der Waals surface area contributed by atoms with Crippen molar-refractivity contribution in [2.45, 2.75) is 296 Å². The molecule has 0 aliphatic carbocycles. The number of phosphoric acid groups is 1. The molecule has 68 heavy (non-hydrogen) atoms. The van der Waals surface area contributed by atoms with Crippen molar-refractivity contribution in [3.8, 4) is 0 Å². The van der Waals surface area contributed by atoms with E-state index in [1.54, 1.807) is 6.08 Å². The van der Waals surface area contributed by atoms with E-state index in [-0.39, 0.29) is 12.5 Å². The van der Waals surface area contributed by atoms with Crippen molar-refractivity contribution >= 4 is 13.7 Å². The fourth-order valence-electron chi connectivity index (χ4n) is 8.72. The molecular weight excluding hydrogens is 864 g/mol. The maximum Gasteiger partial charge on any atom is 0.268 e. The van der Waals surface area contributed by atoms with Crippen LogP contribution in [0.3, 0.4) is 0 Å². The number of carbonyl (C=O) groups excluding carboxylic acids is 1. The van der Waals surface area contributed by atoms with Crippen LogP contribution in [0.4, 0.5) is 0 Å². The van der Waals surface area contributed by atoms with Gasteiger partial charge < -0.3 is 28.8 Å². The predicted octanol–water partition coefficient (Wildman–Crippen LogP) is 17.1. The summed E-state index contributed by atoms with van der Waals surface area (Å²) in [4.78, 5) is 25.5. The number of aliphatic hydroxyl groups excluding tert-OH is 1. The van der Waals surface area contributed by atoms with E-state index in [1.807, 2.05) is 27.2 Å². The Labute approximate surface area is 423 Å². The molecule has 3 atom stereocenters. The van der Waals surface area contributed by atoms with Crippen LogP contribution < -0.4 is 10.2 Å². The number of allylic oxidation sites excluding steroid dienone is 5. The topological polar surface area (TPSA) is 108 Å². The number of carbonyl (C=O) groups is 1. The van der Waals surface area contributed by atoms with Crippen LogP contribution in [0.15, 0.2) is 36.5 Å². The maximum absolute atomic E-state index is 13.0. The lowest BCUT2D eigenvalue weighted by atomic mass is 10.0. The summed E-state index contributed by atoms with van der Waals surface area (Å²) in [6.07, 6.45) is 65.2. The standard InChI is InChI=1S/C59H115N2O6P/c1-6-8-10-12-14-16-18-20-22-24-26-28-29-30-31-32-33-35-37-39-41-43-45-47-49-51-53-59(63)60-57(56-67-68(64,65)66-55-54-61(3,4)5)58(62)52-50-48-46-44-42-40-38-36-34-27-25-23-21-19-17-15-13-11-9-7-2/h34,36,42,44,50,52,57-58,62H,6-33,35,37-41,43,45-49,51,53-56H2,1-5H3,(H-,60,63,64,65)/b36-34+,44-42+,52-50+. The van der Waals surface area contributed by atoms with Gasteiger partial charge in [-0.3, -0.25) is 9.36 Å². The summed E-state index contributed by atoms with van der Waals surface area (Å²) in [6.45, 7) is 4.66. The van der Waals surface area contributed by atoms with Gasteiger partial charge in [-0.15, -0.1) is 0 Å². The first kappa shape index (κ1) is 66.7. The van der Waals surface area contributed by atoms with Crippen molar-refractivity contribution in [1.29, 1.82) is 0 Å². The summed E-state index contributed by atoms with van der Waals surface area (Å²) in [7, 11) is 1.25. The molecule has 9 heteroatoms. The van der Waals surface area contributed by atoms with Gasteiger partial charge in [0, 0.05) is 6.42 Å². The Morgan fingerprint density at radius 1 is 0.500 bits per heavy atom. The van der Waals surface area contributed by atoms with E-state index in [4.69, 9.17) is 9.05 Å². The van der Waals surface area contributed by atoms with Gasteiger partial charge in [-0.25, -0.2) is 0 Å². The lowest BCUT2D eigenvalue weighted by Gasteiger charge is -2.29. The highest BCUT2D eigenvalue weighted by Crippen LogP contribution is 2.38. The zero-order valence-electron chi connectivity index (χ0n) is 45.8. The number of rotatable bonds is 54. The molecule has 0 radical (unpaired) electrons. The molecule has 0 aliphatic rings. The molecule has 1 amide bonds. The first-order chi connectivity index (χ1) is 33.0. The lowest BCUT2D eigenvalue weighted by molar-refractivity contribution is -0.870. The number of likely N-dealkylation sites (N-methyl/N-ethyl adjacent to an activating group) is 1. The van der Waals surface area contributed by atoms with E-state index >= 15 is 0 Å². The van der Waals surface area contributed by atoms with Crippen molar-refractivity contribution in [3.05, 3.63) is 36.5 Å². The Morgan fingerprint density at radius 2 is 0.824 bits per heavy atom. The van der Waals surface area contributed by atoms with Gasteiger partial charge in [0.2, 0.25) is 5.91 Å². The third-order valence-corrected chi connectivity index (χ3v) is 14.3. The minimum atomic E-state index is -4.61. The van der Waals surface area contributed by atoms with Crippen molar-refractivity contribution in [1.82, 2.24) is 5.32 Å². The smallest absolute Gasteiger partial charge is 0.268 e. The molecule has 3 unspecified atom stereocenters. The van der Waals surface area contributed by atoms with Crippen molar-refractivity contribution in [2.75, 3.05) is 40.9 Å². The highest BCUT2D eigenvalue weighted by Gasteiger charge is 2.23. The summed E-state index contributed by atoms with van der Waals surface area (Å²) < 4.78 is 23.3. The second-order valence-corrected chi connectivity index (χ2v) is 22.8. The fraction of sp³-hybridized carbons (Fsp3) is 0.881. The van der Waals surface area contributed by atoms with Gasteiger partial charge in [-0.05, 0) is 44.9 Å². The van der Waals surface area contributed by atoms with E-state index in [0.29, 0.717) is 17.4 Å². The number of nitrogens with one attached hydrogen (secondary N) is 1. The highest BCUT2D eigenvalue weighted by molar-refractivity contribution is 7.45. The zero-order chi connectivity index (χ0) is 49.9. The lowest BCUT2D eigenvalue weighted by Crippen LogP contribution is -2.45. The molecule has 402 valence electrons. The quantitative estimate of drug-likeness (QED) is 0.0272. The van der Waals surface area contributed by atoms with Crippen LogP contribution in [0.2, 0.25) is 0 Å². The van der Waals surface area contributed by atoms with Gasteiger partial charge in [-0.2, -0.15) is 0 Å². The minimum absolute atomic E-state index is 0.00736. The second kappa shape index (κ2) is 50.7. The summed E-state index contributed by atoms with van der Waals surface area (Å²) in [5, 5.41) is 13.9. The van der Waals surface area contributed by atoms with Crippen LogP contribution in [0.5, 0.6) is 0 Å². The average Bonchev–Trinajstić information content (AvgIpc) is 3.30. The molecule has 2 N–H and O–H groups in total. The van der Waals surface area contributed by atoms with E-state index in [1.165, 1.54) is 218 Å². The maximum atomic E-state index is 13.0. The number of hydrogen-bond donors (Lipinski definition) is 2.